The molecule has 3 saturated heterocycles. The van der Waals surface area contributed by atoms with Crippen LogP contribution in [-0.2, 0) is 33.3 Å². The summed E-state index contributed by atoms with van der Waals surface area (Å²) < 4.78 is 23.0. The van der Waals surface area contributed by atoms with Gasteiger partial charge in [-0.05, 0) is 74.7 Å². The van der Waals surface area contributed by atoms with Crippen molar-refractivity contribution in [2.45, 2.75) is 110 Å². The van der Waals surface area contributed by atoms with Gasteiger partial charge in [-0.1, -0.05) is 58.4 Å². The fourth-order valence-corrected chi connectivity index (χ4v) is 7.60. The molecule has 1 aliphatic carbocycles. The zero-order chi connectivity index (χ0) is 30.6. The molecule has 0 bridgehead atoms. The third-order valence-corrected chi connectivity index (χ3v) is 10.2. The smallest absolute Gasteiger partial charge is 0.330 e. The molecule has 234 valence electrons. The van der Waals surface area contributed by atoms with Crippen LogP contribution in [-0.4, -0.2) is 66.9 Å². The van der Waals surface area contributed by atoms with Crippen LogP contribution >= 0.6 is 0 Å². The first kappa shape index (κ1) is 32.8. The number of Topliss-reactive ketones (excluding diaryl/α,β-unsaturated/α-hetero) is 2. The number of cyclic esters (lactones) is 1. The molecule has 42 heavy (non-hydrogen) atoms. The summed E-state index contributed by atoms with van der Waals surface area (Å²) in [5.74, 6) is -3.59. The van der Waals surface area contributed by atoms with E-state index in [1.54, 1.807) is 7.11 Å². The van der Waals surface area contributed by atoms with Crippen LogP contribution in [0.25, 0.3) is 0 Å². The molecule has 3 aliphatic heterocycles. The molecule has 1 saturated carbocycles. The number of methoxy groups -OCH3 is 1. The number of rotatable bonds is 11. The van der Waals surface area contributed by atoms with Gasteiger partial charge in [0.15, 0.2) is 17.5 Å². The van der Waals surface area contributed by atoms with E-state index in [2.05, 4.69) is 38.7 Å². The number of ketones is 2. The summed E-state index contributed by atoms with van der Waals surface area (Å²) >= 11 is 0. The van der Waals surface area contributed by atoms with Gasteiger partial charge in [-0.2, -0.15) is 0 Å². The number of hydrogen-bond acceptors (Lipinski definition) is 8. The van der Waals surface area contributed by atoms with E-state index in [4.69, 9.17) is 18.9 Å². The van der Waals surface area contributed by atoms with Crippen molar-refractivity contribution in [1.29, 1.82) is 0 Å². The van der Waals surface area contributed by atoms with Gasteiger partial charge in [0.2, 0.25) is 5.78 Å². The molecule has 0 aromatic carbocycles. The van der Waals surface area contributed by atoms with Crippen molar-refractivity contribution in [3.8, 4) is 0 Å². The van der Waals surface area contributed by atoms with E-state index >= 15 is 0 Å². The average Bonchev–Trinajstić information content (AvgIpc) is 3.54. The normalized spacial score (nSPS) is 37.7. The summed E-state index contributed by atoms with van der Waals surface area (Å²) in [6.45, 7) is 11.5. The largest absolute Gasteiger partial charge is 0.422 e. The third-order valence-electron chi connectivity index (χ3n) is 10.2. The maximum atomic E-state index is 13.4. The molecule has 3 heterocycles. The van der Waals surface area contributed by atoms with Crippen molar-refractivity contribution in [3.05, 3.63) is 36.1 Å². The second-order valence-corrected chi connectivity index (χ2v) is 13.0. The molecule has 11 atom stereocenters. The van der Waals surface area contributed by atoms with Crippen molar-refractivity contribution in [2.75, 3.05) is 13.7 Å². The number of hydrogen-bond donors (Lipinski definition) is 1. The van der Waals surface area contributed by atoms with Crippen molar-refractivity contribution in [1.82, 2.24) is 0 Å². The molecule has 4 rings (SSSR count). The molecular formula is C34H50O8. The fourth-order valence-electron chi connectivity index (χ4n) is 7.60. The van der Waals surface area contributed by atoms with Crippen LogP contribution in [0.5, 0.6) is 0 Å². The highest BCUT2D eigenvalue weighted by molar-refractivity contribution is 6.26. The first-order chi connectivity index (χ1) is 20.0. The van der Waals surface area contributed by atoms with Gasteiger partial charge in [-0.25, -0.2) is 0 Å². The predicted octanol–water partition coefficient (Wildman–Crippen LogP) is 5.13. The zero-order valence-corrected chi connectivity index (χ0v) is 26.0. The van der Waals surface area contributed by atoms with E-state index in [1.807, 2.05) is 13.8 Å². The summed E-state index contributed by atoms with van der Waals surface area (Å²) in [7, 11) is 1.72. The summed E-state index contributed by atoms with van der Waals surface area (Å²) in [5.41, 5.74) is 0.851. The molecule has 1 unspecified atom stereocenters. The molecule has 0 spiro atoms. The first-order valence-electron chi connectivity index (χ1n) is 15.9. The van der Waals surface area contributed by atoms with E-state index in [0.717, 1.165) is 56.9 Å². The molecular weight excluding hydrogens is 536 g/mol. The van der Waals surface area contributed by atoms with Crippen LogP contribution in [0.4, 0.5) is 0 Å². The second kappa shape index (κ2) is 14.6. The van der Waals surface area contributed by atoms with Gasteiger partial charge in [0.1, 0.15) is 0 Å². The number of aliphatic hydroxyl groups is 1. The minimum Gasteiger partial charge on any atom is -0.422 e. The topological polar surface area (TPSA) is 108 Å². The highest BCUT2D eigenvalue weighted by atomic mass is 16.6. The zero-order valence-electron chi connectivity index (χ0n) is 26.0. The Bertz CT molecular complexity index is 1060. The van der Waals surface area contributed by atoms with Gasteiger partial charge in [0, 0.05) is 13.0 Å². The SMILES string of the molecule is C=C1OC(=O)C(C(=O)[C@H](C)[C@H]2[C@H](/C=C(\CO)[C@H]3O[C@@H](/C=C/C[C@@H]4CC[C@@H]([C@@H](C)OC)O4)CC[C@@H]3C)CCC[C@@H]2C)C1=O. The molecule has 0 radical (unpaired) electrons. The van der Waals surface area contributed by atoms with Gasteiger partial charge in [-0.15, -0.1) is 0 Å². The highest BCUT2D eigenvalue weighted by Gasteiger charge is 2.48. The quantitative estimate of drug-likeness (QED) is 0.154. The monoisotopic (exact) mass is 586 g/mol. The molecule has 0 amide bonds. The Hall–Kier alpha value is -2.13. The molecule has 0 aromatic heterocycles. The van der Waals surface area contributed by atoms with Crippen molar-refractivity contribution in [3.63, 3.8) is 0 Å². The summed E-state index contributed by atoms with van der Waals surface area (Å²) in [4.78, 5) is 38.2. The van der Waals surface area contributed by atoms with E-state index in [-0.39, 0.29) is 66.6 Å². The number of esters is 1. The van der Waals surface area contributed by atoms with E-state index in [9.17, 15) is 19.5 Å². The predicted molar refractivity (Wildman–Crippen MR) is 158 cm³/mol. The Labute approximate surface area is 250 Å². The van der Waals surface area contributed by atoms with Crippen molar-refractivity contribution in [2.24, 2.45) is 35.5 Å². The maximum absolute atomic E-state index is 13.4. The van der Waals surface area contributed by atoms with Crippen LogP contribution in [0.2, 0.25) is 0 Å². The van der Waals surface area contributed by atoms with E-state index < -0.39 is 29.4 Å². The summed E-state index contributed by atoms with van der Waals surface area (Å²) in [6, 6.07) is 0. The Morgan fingerprint density at radius 1 is 1.07 bits per heavy atom. The van der Waals surface area contributed by atoms with Crippen LogP contribution in [0.1, 0.15) is 79.1 Å². The van der Waals surface area contributed by atoms with Gasteiger partial charge in [0.25, 0.3) is 0 Å². The fraction of sp³-hybridized carbons (Fsp3) is 0.735. The molecule has 1 N–H and O–H groups in total. The van der Waals surface area contributed by atoms with Gasteiger partial charge in [-0.3, -0.25) is 14.4 Å². The lowest BCUT2D eigenvalue weighted by atomic mass is 9.64. The van der Waals surface area contributed by atoms with Crippen LogP contribution in [0.15, 0.2) is 36.1 Å². The van der Waals surface area contributed by atoms with Crippen LogP contribution in [0, 0.1) is 35.5 Å². The molecule has 4 aliphatic rings. The number of carbonyl (C=O) groups is 3. The van der Waals surface area contributed by atoms with Crippen molar-refractivity contribution < 1.29 is 38.4 Å². The second-order valence-electron chi connectivity index (χ2n) is 13.0. The number of aliphatic hydroxyl groups excluding tert-OH is 1. The molecule has 0 aromatic rings. The summed E-state index contributed by atoms with van der Waals surface area (Å²) in [6.07, 6.45) is 14.3. The maximum Gasteiger partial charge on any atom is 0.330 e. The van der Waals surface area contributed by atoms with Gasteiger partial charge >= 0.3 is 5.97 Å². The van der Waals surface area contributed by atoms with Crippen LogP contribution in [0.3, 0.4) is 0 Å². The lowest BCUT2D eigenvalue weighted by Crippen LogP contribution is -2.40. The number of allylic oxidation sites excluding steroid dienone is 2. The highest BCUT2D eigenvalue weighted by Crippen LogP contribution is 2.43. The molecule has 8 heteroatoms. The average molecular weight is 587 g/mol. The Balaban J connectivity index is 1.43. The van der Waals surface area contributed by atoms with Gasteiger partial charge in [0.05, 0.1) is 37.1 Å². The standard InChI is InChI=1S/C34H50O8/c1-19-9-7-10-24(29(19)21(3)31(36)30-32(37)23(5)40-34(30)38)17-25(18-35)33-20(2)13-14-27(42-33)12-8-11-26-15-16-28(41-26)22(4)39-6/h8,12,17,19-22,24,26-30,33,35H,5,7,9-11,13-16,18H2,1-4,6H3/b12-8+,25-17+/t19-,20-,21+,22+,24-,26+,27-,28-,29-,30?,33-/m0/s1. The summed E-state index contributed by atoms with van der Waals surface area (Å²) in [5, 5.41) is 10.5. The van der Waals surface area contributed by atoms with Gasteiger partial charge < -0.3 is 24.1 Å². The van der Waals surface area contributed by atoms with Crippen LogP contribution < -0.4 is 0 Å². The van der Waals surface area contributed by atoms with E-state index in [1.165, 1.54) is 0 Å². The minimum absolute atomic E-state index is 0.0271. The Kier molecular flexibility index (Phi) is 11.4. The lowest BCUT2D eigenvalue weighted by Gasteiger charge is -2.40. The Morgan fingerprint density at radius 2 is 1.83 bits per heavy atom. The number of carbonyl (C=O) groups excluding carboxylic acids is 3. The molecule has 8 nitrogen and oxygen atoms in total. The third kappa shape index (κ3) is 7.32. The lowest BCUT2D eigenvalue weighted by molar-refractivity contribution is -0.146. The van der Waals surface area contributed by atoms with E-state index in [0.29, 0.717) is 0 Å². The first-order valence-corrected chi connectivity index (χ1v) is 15.9. The number of ether oxygens (including phenoxy) is 4. The van der Waals surface area contributed by atoms with Crippen molar-refractivity contribution >= 4 is 17.5 Å². The minimum atomic E-state index is -1.42. The Morgan fingerprint density at radius 3 is 2.50 bits per heavy atom. The molecule has 4 fully saturated rings.